The largest absolute Gasteiger partial charge is 0.309 e. The van der Waals surface area contributed by atoms with Crippen molar-refractivity contribution in [3.05, 3.63) is 28.7 Å². The fourth-order valence-corrected chi connectivity index (χ4v) is 4.97. The van der Waals surface area contributed by atoms with Crippen molar-refractivity contribution in [2.45, 2.75) is 64.2 Å². The van der Waals surface area contributed by atoms with Gasteiger partial charge in [-0.15, -0.1) is 0 Å². The number of nitrogens with one attached hydrogen (secondary N) is 1. The minimum atomic E-state index is -1.02. The Labute approximate surface area is 135 Å². The van der Waals surface area contributed by atoms with Gasteiger partial charge in [-0.3, -0.25) is 4.68 Å². The number of aromatic nitrogens is 2. The number of hydrogen-bond donors (Lipinski definition) is 1. The van der Waals surface area contributed by atoms with E-state index >= 15 is 0 Å². The SMILES string of the molecule is Cc1cc(C23C4=C(NS(=O)C(C)(C)C)CC2C43)n(C(C)C)n1. The van der Waals surface area contributed by atoms with Crippen LogP contribution in [0.2, 0.25) is 0 Å². The van der Waals surface area contributed by atoms with Gasteiger partial charge in [-0.25, -0.2) is 4.21 Å². The molecule has 0 radical (unpaired) electrons. The molecule has 4 unspecified atom stereocenters. The van der Waals surface area contributed by atoms with Crippen molar-refractivity contribution < 1.29 is 4.21 Å². The lowest BCUT2D eigenvalue weighted by atomic mass is 10.0. The van der Waals surface area contributed by atoms with Crippen molar-refractivity contribution in [1.82, 2.24) is 14.5 Å². The molecule has 4 atom stereocenters. The molecule has 0 aromatic carbocycles. The van der Waals surface area contributed by atoms with E-state index in [4.69, 9.17) is 0 Å². The molecule has 2 fully saturated rings. The van der Waals surface area contributed by atoms with Crippen LogP contribution in [0.25, 0.3) is 0 Å². The maximum Gasteiger partial charge on any atom is 0.122 e. The Hall–Kier alpha value is -1.10. The Morgan fingerprint density at radius 3 is 2.68 bits per heavy atom. The molecule has 120 valence electrons. The van der Waals surface area contributed by atoms with Gasteiger partial charge in [-0.1, -0.05) is 0 Å². The standard InChI is InChI=1S/C17H25N3OS/c1-9(2)20-13(7-10(3)18-20)17-11-8-12(15(17)14(11)17)19-22(21)16(4,5)6/h7,9,11,14,19H,8H2,1-6H3. The van der Waals surface area contributed by atoms with E-state index in [1.54, 1.807) is 0 Å². The highest BCUT2D eigenvalue weighted by Crippen LogP contribution is 2.89. The maximum atomic E-state index is 12.4. The quantitative estimate of drug-likeness (QED) is 0.927. The molecule has 1 heterocycles. The second kappa shape index (κ2) is 4.05. The summed E-state index contributed by atoms with van der Waals surface area (Å²) in [4.78, 5) is 0. The van der Waals surface area contributed by atoms with E-state index in [1.807, 2.05) is 20.8 Å². The number of allylic oxidation sites excluding steroid dienone is 2. The number of hydrogen-bond acceptors (Lipinski definition) is 2. The summed E-state index contributed by atoms with van der Waals surface area (Å²) in [7, 11) is -1.02. The minimum absolute atomic E-state index is 0.223. The summed E-state index contributed by atoms with van der Waals surface area (Å²) >= 11 is 0. The zero-order valence-electron chi connectivity index (χ0n) is 14.2. The third kappa shape index (κ3) is 1.63. The fourth-order valence-electron chi connectivity index (χ4n) is 4.25. The van der Waals surface area contributed by atoms with Gasteiger partial charge < -0.3 is 4.72 Å². The minimum Gasteiger partial charge on any atom is -0.309 e. The third-order valence-electron chi connectivity index (χ3n) is 5.33. The van der Waals surface area contributed by atoms with Crippen LogP contribution in [0.1, 0.15) is 58.5 Å². The zero-order chi connectivity index (χ0) is 16.0. The van der Waals surface area contributed by atoms with E-state index in [2.05, 4.69) is 41.3 Å². The van der Waals surface area contributed by atoms with E-state index in [-0.39, 0.29) is 10.2 Å². The number of aryl methyl sites for hydroxylation is 1. The third-order valence-corrected chi connectivity index (χ3v) is 6.88. The molecule has 4 aliphatic carbocycles. The molecule has 1 aromatic heterocycles. The smallest absolute Gasteiger partial charge is 0.122 e. The van der Waals surface area contributed by atoms with E-state index in [0.717, 1.165) is 18.0 Å². The van der Waals surface area contributed by atoms with Crippen molar-refractivity contribution in [2.24, 2.45) is 11.8 Å². The Morgan fingerprint density at radius 2 is 2.14 bits per heavy atom. The Morgan fingerprint density at radius 1 is 1.45 bits per heavy atom. The van der Waals surface area contributed by atoms with Crippen LogP contribution in [0.15, 0.2) is 17.3 Å². The van der Waals surface area contributed by atoms with E-state index in [0.29, 0.717) is 12.0 Å². The normalized spacial score (nSPS) is 33.2. The molecule has 0 aliphatic heterocycles. The second-order valence-electron chi connectivity index (χ2n) is 8.24. The van der Waals surface area contributed by atoms with Gasteiger partial charge in [0.15, 0.2) is 0 Å². The molecule has 2 saturated carbocycles. The molecule has 0 saturated heterocycles. The average Bonchev–Trinajstić information content (AvgIpc) is 2.99. The van der Waals surface area contributed by atoms with Gasteiger partial charge in [0.2, 0.25) is 0 Å². The number of nitrogens with zero attached hydrogens (tertiary/aromatic N) is 2. The predicted octanol–water partition coefficient (Wildman–Crippen LogP) is 2.98. The molecule has 0 spiro atoms. The topological polar surface area (TPSA) is 46.9 Å². The highest BCUT2D eigenvalue weighted by atomic mass is 32.2. The molecule has 5 rings (SSSR count). The first-order valence-electron chi connectivity index (χ1n) is 8.17. The van der Waals surface area contributed by atoms with Crippen molar-refractivity contribution in [3.63, 3.8) is 0 Å². The molecular weight excluding hydrogens is 294 g/mol. The molecule has 22 heavy (non-hydrogen) atoms. The molecule has 0 amide bonds. The summed E-state index contributed by atoms with van der Waals surface area (Å²) in [5.41, 5.74) is 5.48. The second-order valence-corrected chi connectivity index (χ2v) is 10.2. The molecule has 1 aromatic rings. The maximum absolute atomic E-state index is 12.4. The summed E-state index contributed by atoms with van der Waals surface area (Å²) in [6, 6.07) is 2.64. The zero-order valence-corrected chi connectivity index (χ0v) is 15.0. The summed E-state index contributed by atoms with van der Waals surface area (Å²) in [6.45, 7) is 12.5. The first kappa shape index (κ1) is 14.5. The van der Waals surface area contributed by atoms with Crippen LogP contribution in [0.4, 0.5) is 0 Å². The van der Waals surface area contributed by atoms with Crippen molar-refractivity contribution in [3.8, 4) is 0 Å². The van der Waals surface area contributed by atoms with Crippen LogP contribution >= 0.6 is 0 Å². The van der Waals surface area contributed by atoms with Crippen LogP contribution in [-0.2, 0) is 16.4 Å². The van der Waals surface area contributed by atoms with Crippen molar-refractivity contribution in [1.29, 1.82) is 0 Å². The molecule has 4 nitrogen and oxygen atoms in total. The highest BCUT2D eigenvalue weighted by molar-refractivity contribution is 7.84. The monoisotopic (exact) mass is 319 g/mol. The van der Waals surface area contributed by atoms with E-state index in [1.165, 1.54) is 17.0 Å². The number of rotatable bonds is 4. The molecule has 5 heteroatoms. The Bertz CT molecular complexity index is 725. The van der Waals surface area contributed by atoms with Gasteiger partial charge in [0, 0.05) is 23.1 Å². The van der Waals surface area contributed by atoms with Gasteiger partial charge >= 0.3 is 0 Å². The molecule has 1 N–H and O–H groups in total. The van der Waals surface area contributed by atoms with E-state index < -0.39 is 11.0 Å². The van der Waals surface area contributed by atoms with Crippen LogP contribution < -0.4 is 4.72 Å². The lowest BCUT2D eigenvalue weighted by molar-refractivity contribution is 0.493. The lowest BCUT2D eigenvalue weighted by Gasteiger charge is -2.19. The number of fused-ring (bicyclic) bond motifs is 1. The van der Waals surface area contributed by atoms with Gasteiger partial charge in [0.25, 0.3) is 0 Å². The molecule has 2 bridgehead atoms. The van der Waals surface area contributed by atoms with Gasteiger partial charge in [0.1, 0.15) is 11.0 Å². The van der Waals surface area contributed by atoms with Crippen molar-refractivity contribution >= 4 is 11.0 Å². The van der Waals surface area contributed by atoms with Gasteiger partial charge in [-0.2, -0.15) is 5.10 Å². The van der Waals surface area contributed by atoms with Crippen LogP contribution in [-0.4, -0.2) is 18.7 Å². The van der Waals surface area contributed by atoms with E-state index in [9.17, 15) is 4.21 Å². The fraction of sp³-hybridized carbons (Fsp3) is 0.706. The first-order chi connectivity index (χ1) is 10.2. The highest BCUT2D eigenvalue weighted by Gasteiger charge is 2.89. The summed E-state index contributed by atoms with van der Waals surface area (Å²) in [5.74, 6) is 1.41. The summed E-state index contributed by atoms with van der Waals surface area (Å²) < 4.78 is 17.6. The predicted molar refractivity (Wildman–Crippen MR) is 88.7 cm³/mol. The molecular formula is C17H25N3OS. The molecule has 4 aliphatic rings. The van der Waals surface area contributed by atoms with Gasteiger partial charge in [0.05, 0.1) is 16.1 Å². The summed E-state index contributed by atoms with van der Waals surface area (Å²) in [5, 5.41) is 4.68. The first-order valence-corrected chi connectivity index (χ1v) is 9.32. The Balaban J connectivity index is 1.65. The average molecular weight is 319 g/mol. The van der Waals surface area contributed by atoms with Crippen molar-refractivity contribution in [2.75, 3.05) is 0 Å². The van der Waals surface area contributed by atoms with Crippen LogP contribution in [0.5, 0.6) is 0 Å². The van der Waals surface area contributed by atoms with Crippen LogP contribution in [0, 0.1) is 18.8 Å². The summed E-state index contributed by atoms with van der Waals surface area (Å²) in [6.07, 6.45) is 1.06. The van der Waals surface area contributed by atoms with Gasteiger partial charge in [-0.05, 0) is 65.5 Å². The lowest BCUT2D eigenvalue weighted by Crippen LogP contribution is -2.32. The Kier molecular flexibility index (Phi) is 2.67. The van der Waals surface area contributed by atoms with Crippen LogP contribution in [0.3, 0.4) is 0 Å².